The Bertz CT molecular complexity index is 347. The Morgan fingerprint density at radius 1 is 1.29 bits per heavy atom. The fourth-order valence-electron chi connectivity index (χ4n) is 0.970. The van der Waals surface area contributed by atoms with Crippen LogP contribution in [0.1, 0.15) is 33.3 Å². The van der Waals surface area contributed by atoms with Crippen LogP contribution in [-0.4, -0.2) is 11.0 Å². The molecule has 1 atom stereocenters. The van der Waals surface area contributed by atoms with Crippen LogP contribution in [0, 0.1) is 5.82 Å². The van der Waals surface area contributed by atoms with E-state index in [0.29, 0.717) is 5.30 Å². The van der Waals surface area contributed by atoms with Crippen LogP contribution in [-0.2, 0) is 0 Å². The average molecular weight is 261 g/mol. The van der Waals surface area contributed by atoms with Crippen molar-refractivity contribution in [3.05, 3.63) is 23.5 Å². The molecule has 0 saturated heterocycles. The number of benzene rings is 1. The van der Waals surface area contributed by atoms with Crippen molar-refractivity contribution in [2.24, 2.45) is 10.9 Å². The van der Waals surface area contributed by atoms with Crippen molar-refractivity contribution in [3.63, 3.8) is 0 Å². The predicted octanol–water partition coefficient (Wildman–Crippen LogP) is 2.06. The first-order valence-corrected chi connectivity index (χ1v) is 5.96. The Balaban J connectivity index is 0. The zero-order valence-corrected chi connectivity index (χ0v) is 11.8. The molecule has 0 fully saturated rings. The molecule has 0 aliphatic heterocycles. The van der Waals surface area contributed by atoms with Gasteiger partial charge in [0.2, 0.25) is 0 Å². The topological polar surface area (TPSA) is 84.6 Å². The molecule has 0 aliphatic rings. The van der Waals surface area contributed by atoms with E-state index in [0.717, 1.165) is 6.07 Å². The van der Waals surface area contributed by atoms with Gasteiger partial charge in [-0.2, -0.15) is 0 Å². The Labute approximate surface area is 104 Å². The molecule has 98 valence electrons. The normalized spacial score (nSPS) is 9.65. The zero-order chi connectivity index (χ0) is 14.0. The molecule has 1 unspecified atom stereocenters. The van der Waals surface area contributed by atoms with Crippen LogP contribution in [0.2, 0.25) is 0 Å². The molecule has 0 bridgehead atoms. The highest BCUT2D eigenvalue weighted by Crippen LogP contribution is 2.11. The van der Waals surface area contributed by atoms with Crippen molar-refractivity contribution < 1.29 is 9.60 Å². The Morgan fingerprint density at radius 3 is 2.12 bits per heavy atom. The molecule has 0 aromatic heterocycles. The SMILES string of the molecule is CC.CC.N/C(=N\O)c1c(F)cc(N)cc1P. The third-order valence-corrected chi connectivity index (χ3v) is 1.96. The lowest BCUT2D eigenvalue weighted by molar-refractivity contribution is 0.318. The number of rotatable bonds is 1. The van der Waals surface area contributed by atoms with E-state index in [1.165, 1.54) is 6.07 Å². The number of nitrogens with zero attached hydrogens (tertiary/aromatic N) is 1. The maximum Gasteiger partial charge on any atom is 0.173 e. The monoisotopic (exact) mass is 261 g/mol. The molecular weight excluding hydrogens is 240 g/mol. The first-order valence-electron chi connectivity index (χ1n) is 5.38. The van der Waals surface area contributed by atoms with E-state index in [-0.39, 0.29) is 17.1 Å². The summed E-state index contributed by atoms with van der Waals surface area (Å²) in [6.07, 6.45) is 0. The van der Waals surface area contributed by atoms with E-state index >= 15 is 0 Å². The van der Waals surface area contributed by atoms with E-state index < -0.39 is 5.82 Å². The molecule has 0 saturated carbocycles. The predicted molar refractivity (Wildman–Crippen MR) is 75.4 cm³/mol. The minimum atomic E-state index is -0.611. The smallest absolute Gasteiger partial charge is 0.173 e. The molecule has 0 amide bonds. The fourth-order valence-corrected chi connectivity index (χ4v) is 1.45. The Kier molecular flexibility index (Phi) is 10.4. The number of oxime groups is 1. The lowest BCUT2D eigenvalue weighted by Crippen LogP contribution is -2.22. The third-order valence-electron chi connectivity index (χ3n) is 1.51. The molecule has 1 rings (SSSR count). The number of nitrogen functional groups attached to an aromatic ring is 1. The van der Waals surface area contributed by atoms with Gasteiger partial charge < -0.3 is 16.7 Å². The molecule has 1 aromatic rings. The lowest BCUT2D eigenvalue weighted by atomic mass is 10.2. The van der Waals surface area contributed by atoms with Crippen LogP contribution in [0.5, 0.6) is 0 Å². The van der Waals surface area contributed by atoms with Crippen molar-refractivity contribution in [2.75, 3.05) is 5.73 Å². The minimum absolute atomic E-state index is 0.0432. The van der Waals surface area contributed by atoms with Crippen LogP contribution in [0.15, 0.2) is 17.3 Å². The van der Waals surface area contributed by atoms with Crippen molar-refractivity contribution >= 4 is 26.1 Å². The molecular formula is C11H21FN3OP. The summed E-state index contributed by atoms with van der Waals surface area (Å²) in [5.74, 6) is -0.886. The molecule has 0 spiro atoms. The van der Waals surface area contributed by atoms with Crippen LogP contribution in [0.4, 0.5) is 10.1 Å². The third kappa shape index (κ3) is 5.50. The summed E-state index contributed by atoms with van der Waals surface area (Å²) >= 11 is 0. The Morgan fingerprint density at radius 2 is 1.76 bits per heavy atom. The maximum absolute atomic E-state index is 13.2. The van der Waals surface area contributed by atoms with Crippen LogP contribution >= 0.6 is 9.24 Å². The number of hydrogen-bond donors (Lipinski definition) is 3. The minimum Gasteiger partial charge on any atom is -0.409 e. The van der Waals surface area contributed by atoms with Crippen LogP contribution in [0.3, 0.4) is 0 Å². The molecule has 1 aromatic carbocycles. The summed E-state index contributed by atoms with van der Waals surface area (Å²) in [5, 5.41) is 11.5. The fraction of sp³-hybridized carbons (Fsp3) is 0.364. The first-order chi connectivity index (χ1) is 8.06. The van der Waals surface area contributed by atoms with E-state index in [1.54, 1.807) is 0 Å². The summed E-state index contributed by atoms with van der Waals surface area (Å²) in [7, 11) is 2.26. The van der Waals surface area contributed by atoms with Gasteiger partial charge in [-0.1, -0.05) is 32.9 Å². The second-order valence-electron chi connectivity index (χ2n) is 2.45. The van der Waals surface area contributed by atoms with E-state index in [2.05, 4.69) is 14.4 Å². The largest absolute Gasteiger partial charge is 0.409 e. The van der Waals surface area contributed by atoms with E-state index in [4.69, 9.17) is 16.7 Å². The maximum atomic E-state index is 13.2. The molecule has 0 aliphatic carbocycles. The van der Waals surface area contributed by atoms with Gasteiger partial charge in [-0.15, -0.1) is 9.24 Å². The van der Waals surface area contributed by atoms with E-state index in [9.17, 15) is 4.39 Å². The first kappa shape index (κ1) is 18.0. The lowest BCUT2D eigenvalue weighted by Gasteiger charge is -2.05. The molecule has 17 heavy (non-hydrogen) atoms. The van der Waals surface area contributed by atoms with Crippen molar-refractivity contribution in [1.82, 2.24) is 0 Å². The van der Waals surface area contributed by atoms with E-state index in [1.807, 2.05) is 27.7 Å². The summed E-state index contributed by atoms with van der Waals surface area (Å²) in [4.78, 5) is 0. The zero-order valence-electron chi connectivity index (χ0n) is 10.7. The van der Waals surface area contributed by atoms with Gasteiger partial charge in [0.05, 0.1) is 5.56 Å². The highest BCUT2D eigenvalue weighted by molar-refractivity contribution is 7.27. The molecule has 5 N–H and O–H groups in total. The van der Waals surface area contributed by atoms with Gasteiger partial charge in [-0.05, 0) is 17.4 Å². The van der Waals surface area contributed by atoms with Gasteiger partial charge >= 0.3 is 0 Å². The molecule has 0 radical (unpaired) electrons. The van der Waals surface area contributed by atoms with Gasteiger partial charge in [0.25, 0.3) is 0 Å². The summed E-state index contributed by atoms with van der Waals surface area (Å²) in [6, 6.07) is 2.63. The summed E-state index contributed by atoms with van der Waals surface area (Å²) < 4.78 is 13.2. The number of nitrogens with two attached hydrogens (primary N) is 2. The average Bonchev–Trinajstić information content (AvgIpc) is 2.32. The quantitative estimate of drug-likeness (QED) is 0.181. The van der Waals surface area contributed by atoms with Crippen LogP contribution in [0.25, 0.3) is 0 Å². The molecule has 0 heterocycles. The highest BCUT2D eigenvalue weighted by Gasteiger charge is 2.11. The van der Waals surface area contributed by atoms with Gasteiger partial charge in [0, 0.05) is 5.69 Å². The van der Waals surface area contributed by atoms with Crippen molar-refractivity contribution in [1.29, 1.82) is 0 Å². The van der Waals surface area contributed by atoms with Crippen molar-refractivity contribution in [3.8, 4) is 0 Å². The van der Waals surface area contributed by atoms with Crippen LogP contribution < -0.4 is 16.8 Å². The number of halogens is 1. The highest BCUT2D eigenvalue weighted by atomic mass is 31.0. The number of hydrogen-bond acceptors (Lipinski definition) is 3. The number of anilines is 1. The summed E-state index contributed by atoms with van der Waals surface area (Å²) in [6.45, 7) is 8.00. The molecule has 6 heteroatoms. The molecule has 4 nitrogen and oxygen atoms in total. The second kappa shape index (κ2) is 9.85. The number of amidine groups is 1. The standard InChI is InChI=1S/C7H9FN3OP.2C2H6/c8-4-1-3(9)2-5(13)6(4)7(10)11-12;2*1-2/h1-2,12H,9,13H2,(H2,10,11);2*1-2H3. The Hall–Kier alpha value is -1.35. The van der Waals surface area contributed by atoms with Gasteiger partial charge in [-0.25, -0.2) is 4.39 Å². The summed E-state index contributed by atoms with van der Waals surface area (Å²) in [5.41, 5.74) is 11.0. The van der Waals surface area contributed by atoms with Gasteiger partial charge in [-0.3, -0.25) is 0 Å². The van der Waals surface area contributed by atoms with Crippen molar-refractivity contribution in [2.45, 2.75) is 27.7 Å². The van der Waals surface area contributed by atoms with Gasteiger partial charge in [0.1, 0.15) is 5.82 Å². The second-order valence-corrected chi connectivity index (χ2v) is 3.07. The van der Waals surface area contributed by atoms with Gasteiger partial charge in [0.15, 0.2) is 5.84 Å².